The Labute approximate surface area is 141 Å². The fourth-order valence-corrected chi connectivity index (χ4v) is 3.23. The van der Waals surface area contributed by atoms with Crippen molar-refractivity contribution in [3.63, 3.8) is 0 Å². The van der Waals surface area contributed by atoms with Gasteiger partial charge in [0, 0.05) is 18.3 Å². The molecule has 0 unspecified atom stereocenters. The minimum Gasteiger partial charge on any atom is -0.370 e. The quantitative estimate of drug-likeness (QED) is 0.478. The average Bonchev–Trinajstić information content (AvgIpc) is 2.55. The van der Waals surface area contributed by atoms with Crippen molar-refractivity contribution in [2.24, 2.45) is 10.7 Å². The molecule has 1 aliphatic carbocycles. The Kier molecular flexibility index (Phi) is 6.90. The van der Waals surface area contributed by atoms with E-state index in [0.717, 1.165) is 31.2 Å². The number of hydrogen-bond donors (Lipinski definition) is 2. The molecular weight excluding hydrogens is 284 g/mol. The maximum absolute atomic E-state index is 5.98. The smallest absolute Gasteiger partial charge is 0.193 e. The summed E-state index contributed by atoms with van der Waals surface area (Å²) in [7, 11) is 2.25. The lowest BCUT2D eigenvalue weighted by Crippen LogP contribution is -2.34. The van der Waals surface area contributed by atoms with Crippen LogP contribution in [0.25, 0.3) is 0 Å². The Balaban J connectivity index is 1.70. The molecule has 0 radical (unpaired) electrons. The minimum absolute atomic E-state index is 0.508. The molecule has 0 amide bonds. The molecule has 0 spiro atoms. The molecule has 1 aromatic carbocycles. The van der Waals surface area contributed by atoms with Crippen molar-refractivity contribution in [1.29, 1.82) is 0 Å². The van der Waals surface area contributed by atoms with Gasteiger partial charge in [-0.2, -0.15) is 0 Å². The van der Waals surface area contributed by atoms with Crippen LogP contribution in [0.2, 0.25) is 0 Å². The highest BCUT2D eigenvalue weighted by Crippen LogP contribution is 2.21. The molecule has 3 N–H and O–H groups in total. The molecule has 23 heavy (non-hydrogen) atoms. The second-order valence-corrected chi connectivity index (χ2v) is 6.82. The molecule has 1 fully saturated rings. The van der Waals surface area contributed by atoms with Gasteiger partial charge in [-0.25, -0.2) is 0 Å². The van der Waals surface area contributed by atoms with E-state index < -0.39 is 0 Å². The monoisotopic (exact) mass is 316 g/mol. The van der Waals surface area contributed by atoms with Gasteiger partial charge >= 0.3 is 0 Å². The molecule has 0 saturated heterocycles. The molecule has 1 aromatic rings. The number of benzene rings is 1. The first-order valence-corrected chi connectivity index (χ1v) is 8.90. The maximum atomic E-state index is 5.98. The highest BCUT2D eigenvalue weighted by atomic mass is 15.1. The van der Waals surface area contributed by atoms with Gasteiger partial charge in [0.05, 0.1) is 0 Å². The first-order chi connectivity index (χ1) is 11.1. The van der Waals surface area contributed by atoms with Gasteiger partial charge in [-0.3, -0.25) is 4.99 Å². The Morgan fingerprint density at radius 3 is 2.65 bits per heavy atom. The van der Waals surface area contributed by atoms with Gasteiger partial charge in [0.15, 0.2) is 5.96 Å². The van der Waals surface area contributed by atoms with E-state index in [1.165, 1.54) is 43.2 Å². The molecule has 0 bridgehead atoms. The zero-order chi connectivity index (χ0) is 16.7. The van der Waals surface area contributed by atoms with E-state index >= 15 is 0 Å². The van der Waals surface area contributed by atoms with E-state index in [0.29, 0.717) is 5.96 Å². The van der Waals surface area contributed by atoms with Crippen molar-refractivity contribution in [2.75, 3.05) is 25.5 Å². The number of rotatable bonds is 6. The van der Waals surface area contributed by atoms with Gasteiger partial charge in [0.25, 0.3) is 0 Å². The third-order valence-corrected chi connectivity index (χ3v) is 4.93. The zero-order valence-electron chi connectivity index (χ0n) is 14.9. The van der Waals surface area contributed by atoms with Crippen LogP contribution in [-0.2, 0) is 0 Å². The molecule has 1 aliphatic rings. The molecule has 2 rings (SSSR count). The van der Waals surface area contributed by atoms with E-state index in [-0.39, 0.29) is 0 Å². The maximum Gasteiger partial charge on any atom is 0.193 e. The molecule has 0 aliphatic heterocycles. The van der Waals surface area contributed by atoms with Crippen molar-refractivity contribution in [3.05, 3.63) is 29.3 Å². The van der Waals surface area contributed by atoms with Crippen LogP contribution in [0.15, 0.2) is 23.2 Å². The third kappa shape index (κ3) is 5.87. The van der Waals surface area contributed by atoms with E-state index in [4.69, 9.17) is 5.73 Å². The lowest BCUT2D eigenvalue weighted by atomic mass is 9.94. The Bertz CT molecular complexity index is 518. The number of hydrogen-bond acceptors (Lipinski definition) is 2. The van der Waals surface area contributed by atoms with E-state index in [9.17, 15) is 0 Å². The number of anilines is 1. The van der Waals surface area contributed by atoms with Crippen molar-refractivity contribution in [1.82, 2.24) is 4.90 Å². The Morgan fingerprint density at radius 2 is 1.96 bits per heavy atom. The van der Waals surface area contributed by atoms with Crippen LogP contribution in [0.4, 0.5) is 5.69 Å². The molecular formula is C19H32N4. The number of aliphatic imine (C=N–C) groups is 1. The third-order valence-electron chi connectivity index (χ3n) is 4.93. The van der Waals surface area contributed by atoms with Crippen LogP contribution in [0.3, 0.4) is 0 Å². The standard InChI is InChI=1S/C19H32N4/c1-15-10-11-17(14-16(15)2)22-19(20)21-12-7-13-23(3)18-8-5-4-6-9-18/h10-11,14,18H,4-9,12-13H2,1-3H3,(H3,20,21,22). The molecule has 0 atom stereocenters. The molecule has 0 aromatic heterocycles. The molecule has 4 nitrogen and oxygen atoms in total. The predicted molar refractivity (Wildman–Crippen MR) is 100 cm³/mol. The summed E-state index contributed by atoms with van der Waals surface area (Å²) in [5.74, 6) is 0.508. The molecule has 128 valence electrons. The fraction of sp³-hybridized carbons (Fsp3) is 0.632. The topological polar surface area (TPSA) is 53.6 Å². The van der Waals surface area contributed by atoms with E-state index in [1.807, 2.05) is 6.07 Å². The predicted octanol–water partition coefficient (Wildman–Crippen LogP) is 3.68. The van der Waals surface area contributed by atoms with Crippen LogP contribution in [-0.4, -0.2) is 37.0 Å². The average molecular weight is 316 g/mol. The number of guanidine groups is 1. The molecule has 0 heterocycles. The summed E-state index contributed by atoms with van der Waals surface area (Å²) in [6.45, 7) is 6.10. The summed E-state index contributed by atoms with van der Waals surface area (Å²) < 4.78 is 0. The number of nitrogens with zero attached hydrogens (tertiary/aromatic N) is 2. The lowest BCUT2D eigenvalue weighted by Gasteiger charge is -2.30. The van der Waals surface area contributed by atoms with Crippen LogP contribution >= 0.6 is 0 Å². The van der Waals surface area contributed by atoms with Crippen LogP contribution in [0.1, 0.15) is 49.7 Å². The first kappa shape index (κ1) is 17.8. The van der Waals surface area contributed by atoms with Crippen LogP contribution < -0.4 is 11.1 Å². The number of aryl methyl sites for hydroxylation is 2. The second-order valence-electron chi connectivity index (χ2n) is 6.82. The summed E-state index contributed by atoms with van der Waals surface area (Å²) >= 11 is 0. The van der Waals surface area contributed by atoms with Crippen molar-refractivity contribution < 1.29 is 0 Å². The van der Waals surface area contributed by atoms with Gasteiger partial charge in [0.1, 0.15) is 0 Å². The molecule has 1 saturated carbocycles. The number of nitrogens with two attached hydrogens (primary N) is 1. The summed E-state index contributed by atoms with van der Waals surface area (Å²) in [5.41, 5.74) is 9.54. The van der Waals surface area contributed by atoms with Gasteiger partial charge in [0.2, 0.25) is 0 Å². The van der Waals surface area contributed by atoms with Crippen LogP contribution in [0, 0.1) is 13.8 Å². The summed E-state index contributed by atoms with van der Waals surface area (Å²) in [6.07, 6.45) is 7.96. The normalized spacial score (nSPS) is 16.8. The molecule has 4 heteroatoms. The first-order valence-electron chi connectivity index (χ1n) is 8.90. The Morgan fingerprint density at radius 1 is 1.22 bits per heavy atom. The highest BCUT2D eigenvalue weighted by molar-refractivity contribution is 5.92. The largest absolute Gasteiger partial charge is 0.370 e. The number of nitrogens with one attached hydrogen (secondary N) is 1. The van der Waals surface area contributed by atoms with E-state index in [1.54, 1.807) is 0 Å². The SMILES string of the molecule is Cc1ccc(NC(N)=NCCCN(C)C2CCCCC2)cc1C. The van der Waals surface area contributed by atoms with Crippen molar-refractivity contribution in [3.8, 4) is 0 Å². The summed E-state index contributed by atoms with van der Waals surface area (Å²) in [6, 6.07) is 7.03. The lowest BCUT2D eigenvalue weighted by molar-refractivity contribution is 0.191. The van der Waals surface area contributed by atoms with Crippen LogP contribution in [0.5, 0.6) is 0 Å². The minimum atomic E-state index is 0.508. The Hall–Kier alpha value is -1.55. The zero-order valence-corrected chi connectivity index (χ0v) is 14.9. The van der Waals surface area contributed by atoms with Crippen molar-refractivity contribution in [2.45, 2.75) is 58.4 Å². The summed E-state index contributed by atoms with van der Waals surface area (Å²) in [4.78, 5) is 6.95. The summed E-state index contributed by atoms with van der Waals surface area (Å²) in [5, 5.41) is 3.18. The fourth-order valence-electron chi connectivity index (χ4n) is 3.23. The van der Waals surface area contributed by atoms with Crippen molar-refractivity contribution >= 4 is 11.6 Å². The highest BCUT2D eigenvalue weighted by Gasteiger charge is 2.17. The van der Waals surface area contributed by atoms with E-state index in [2.05, 4.69) is 48.2 Å². The second kappa shape index (κ2) is 8.92. The van der Waals surface area contributed by atoms with Gasteiger partial charge in [-0.1, -0.05) is 25.3 Å². The van der Waals surface area contributed by atoms with Gasteiger partial charge in [-0.05, 0) is 70.0 Å². The van der Waals surface area contributed by atoms with Gasteiger partial charge in [-0.15, -0.1) is 0 Å². The van der Waals surface area contributed by atoms with Gasteiger partial charge < -0.3 is 16.0 Å².